The van der Waals surface area contributed by atoms with Crippen molar-refractivity contribution in [2.24, 2.45) is 4.99 Å². The van der Waals surface area contributed by atoms with Crippen LogP contribution in [0.5, 0.6) is 0 Å². The highest BCUT2D eigenvalue weighted by molar-refractivity contribution is 6.64. The van der Waals surface area contributed by atoms with Crippen LogP contribution >= 0.6 is 23.2 Å². The van der Waals surface area contributed by atoms with Gasteiger partial charge in [-0.15, -0.1) is 0 Å². The molecule has 0 saturated heterocycles. The highest BCUT2D eigenvalue weighted by Gasteiger charge is 2.12. The van der Waals surface area contributed by atoms with Crippen LogP contribution < -0.4 is 0 Å². The third-order valence-electron chi connectivity index (χ3n) is 1.16. The van der Waals surface area contributed by atoms with Gasteiger partial charge in [-0.25, -0.2) is 9.79 Å². The van der Waals surface area contributed by atoms with Crippen LogP contribution in [-0.2, 0) is 9.53 Å². The number of aliphatic imine (C=N–C) groups is 1. The number of rotatable bonds is 4. The minimum absolute atomic E-state index is 0.0742. The first-order chi connectivity index (χ1) is 6.49. The van der Waals surface area contributed by atoms with Crippen LogP contribution in [0.2, 0.25) is 0 Å². The Bertz CT molecular complexity index is 291. The fourth-order valence-corrected chi connectivity index (χ4v) is 0.771. The van der Waals surface area contributed by atoms with Crippen molar-refractivity contribution in [2.45, 2.75) is 13.8 Å². The van der Waals surface area contributed by atoms with E-state index in [2.05, 4.69) is 11.6 Å². The fraction of sp³-hybridized carbons (Fsp3) is 0.333. The quantitative estimate of drug-likeness (QED) is 0.326. The van der Waals surface area contributed by atoms with Crippen LogP contribution in [0.15, 0.2) is 28.4 Å². The molecule has 0 aromatic rings. The predicted molar refractivity (Wildman–Crippen MR) is 58.7 cm³/mol. The summed E-state index contributed by atoms with van der Waals surface area (Å²) in [7, 11) is 0. The van der Waals surface area contributed by atoms with Gasteiger partial charge < -0.3 is 4.74 Å². The van der Waals surface area contributed by atoms with Crippen LogP contribution in [0, 0.1) is 0 Å². The summed E-state index contributed by atoms with van der Waals surface area (Å²) in [5, 5.41) is 0.370. The Morgan fingerprint density at radius 3 is 2.50 bits per heavy atom. The third kappa shape index (κ3) is 5.04. The van der Waals surface area contributed by atoms with Gasteiger partial charge in [0.2, 0.25) is 0 Å². The molecule has 78 valence electrons. The monoisotopic (exact) mass is 235 g/mol. The van der Waals surface area contributed by atoms with Crippen molar-refractivity contribution in [3.05, 3.63) is 23.4 Å². The fourth-order valence-electron chi connectivity index (χ4n) is 0.596. The van der Waals surface area contributed by atoms with Gasteiger partial charge in [0.05, 0.1) is 12.2 Å². The molecule has 0 atom stereocenters. The van der Waals surface area contributed by atoms with Gasteiger partial charge in [-0.05, 0) is 13.8 Å². The van der Waals surface area contributed by atoms with Crippen molar-refractivity contribution < 1.29 is 9.53 Å². The van der Waals surface area contributed by atoms with E-state index in [0.717, 1.165) is 0 Å². The zero-order valence-corrected chi connectivity index (χ0v) is 9.52. The molecule has 0 aromatic carbocycles. The Labute approximate surface area is 93.1 Å². The van der Waals surface area contributed by atoms with Gasteiger partial charge in [0.25, 0.3) is 0 Å². The third-order valence-corrected chi connectivity index (χ3v) is 1.46. The molecule has 0 aromatic heterocycles. The molecular formula is C9H11Cl2NO2. The van der Waals surface area contributed by atoms with Gasteiger partial charge in [-0.1, -0.05) is 29.8 Å². The Morgan fingerprint density at radius 1 is 1.57 bits per heavy atom. The lowest BCUT2D eigenvalue weighted by Gasteiger charge is -2.02. The van der Waals surface area contributed by atoms with E-state index in [1.165, 1.54) is 6.20 Å². The normalized spacial score (nSPS) is 12.6. The maximum absolute atomic E-state index is 11.2. The smallest absolute Gasteiger partial charge is 0.341 e. The van der Waals surface area contributed by atoms with Gasteiger partial charge >= 0.3 is 5.97 Å². The van der Waals surface area contributed by atoms with E-state index in [9.17, 15) is 4.79 Å². The molecule has 0 aliphatic heterocycles. The lowest BCUT2D eigenvalue weighted by molar-refractivity contribution is -0.138. The Kier molecular flexibility index (Phi) is 6.25. The number of carbonyl (C=O) groups is 1. The Balaban J connectivity index is 4.77. The van der Waals surface area contributed by atoms with Gasteiger partial charge in [0, 0.05) is 11.2 Å². The summed E-state index contributed by atoms with van der Waals surface area (Å²) in [6.07, 6.45) is 1.23. The molecule has 0 aliphatic carbocycles. The van der Waals surface area contributed by atoms with Crippen LogP contribution in [0.25, 0.3) is 0 Å². The molecule has 0 saturated carbocycles. The summed E-state index contributed by atoms with van der Waals surface area (Å²) in [5.74, 6) is -0.561. The second-order valence-electron chi connectivity index (χ2n) is 2.29. The van der Waals surface area contributed by atoms with Crippen molar-refractivity contribution in [3.63, 3.8) is 0 Å². The van der Waals surface area contributed by atoms with E-state index >= 15 is 0 Å². The molecule has 5 heteroatoms. The lowest BCUT2D eigenvalue weighted by Crippen LogP contribution is -2.07. The highest BCUT2D eigenvalue weighted by Crippen LogP contribution is 2.14. The SMILES string of the molecule is C=C(Cl)/C(=C\N=C(/C)Cl)C(=O)OCC. The van der Waals surface area contributed by atoms with Crippen LogP contribution in [0.4, 0.5) is 0 Å². The Hall–Kier alpha value is -0.800. The Morgan fingerprint density at radius 2 is 2.14 bits per heavy atom. The molecule has 0 fully saturated rings. The number of ether oxygens (including phenoxy) is 1. The molecule has 0 radical (unpaired) electrons. The van der Waals surface area contributed by atoms with Crippen LogP contribution in [0.3, 0.4) is 0 Å². The number of nitrogens with zero attached hydrogens (tertiary/aromatic N) is 1. The van der Waals surface area contributed by atoms with Crippen molar-refractivity contribution in [1.82, 2.24) is 0 Å². The molecule has 0 unspecified atom stereocenters. The summed E-state index contributed by atoms with van der Waals surface area (Å²) >= 11 is 11.1. The summed E-state index contributed by atoms with van der Waals surface area (Å²) in [6, 6.07) is 0. The molecule has 0 amide bonds. The molecule has 14 heavy (non-hydrogen) atoms. The van der Waals surface area contributed by atoms with Gasteiger partial charge in [-0.2, -0.15) is 0 Å². The number of carbonyl (C=O) groups excluding carboxylic acids is 1. The molecule has 0 heterocycles. The number of halogens is 2. The van der Waals surface area contributed by atoms with E-state index in [1.54, 1.807) is 13.8 Å². The van der Waals surface area contributed by atoms with E-state index < -0.39 is 5.97 Å². The van der Waals surface area contributed by atoms with Gasteiger partial charge in [-0.3, -0.25) is 0 Å². The second-order valence-corrected chi connectivity index (χ2v) is 3.30. The molecule has 3 nitrogen and oxygen atoms in total. The van der Waals surface area contributed by atoms with Crippen molar-refractivity contribution in [3.8, 4) is 0 Å². The largest absolute Gasteiger partial charge is 0.462 e. The maximum atomic E-state index is 11.2. The number of hydrogen-bond donors (Lipinski definition) is 0. The molecule has 0 bridgehead atoms. The van der Waals surface area contributed by atoms with E-state index in [1.807, 2.05) is 0 Å². The molecule has 0 aliphatic rings. The van der Waals surface area contributed by atoms with Crippen molar-refractivity contribution in [2.75, 3.05) is 6.61 Å². The first kappa shape index (κ1) is 13.2. The van der Waals surface area contributed by atoms with Gasteiger partial charge in [0.1, 0.15) is 5.17 Å². The van der Waals surface area contributed by atoms with Crippen LogP contribution in [0.1, 0.15) is 13.8 Å². The first-order valence-corrected chi connectivity index (χ1v) is 4.66. The zero-order chi connectivity index (χ0) is 11.1. The second kappa shape index (κ2) is 6.62. The maximum Gasteiger partial charge on any atom is 0.341 e. The number of hydrogen-bond acceptors (Lipinski definition) is 3. The predicted octanol–water partition coefficient (Wildman–Crippen LogP) is 2.84. The topological polar surface area (TPSA) is 38.7 Å². The minimum Gasteiger partial charge on any atom is -0.462 e. The summed E-state index contributed by atoms with van der Waals surface area (Å²) < 4.78 is 4.73. The highest BCUT2D eigenvalue weighted by atomic mass is 35.5. The summed E-state index contributed by atoms with van der Waals surface area (Å²) in [4.78, 5) is 15.0. The van der Waals surface area contributed by atoms with Gasteiger partial charge in [0.15, 0.2) is 0 Å². The standard InChI is InChI=1S/C9H11Cl2NO2/c1-4-14-9(13)8(6(2)10)5-12-7(3)11/h5H,2,4H2,1,3H3/b8-5+,12-7+. The molecule has 0 rings (SSSR count). The van der Waals surface area contributed by atoms with E-state index in [-0.39, 0.29) is 17.2 Å². The minimum atomic E-state index is -0.561. The van der Waals surface area contributed by atoms with Crippen molar-refractivity contribution in [1.29, 1.82) is 0 Å². The lowest BCUT2D eigenvalue weighted by atomic mass is 10.3. The summed E-state index contributed by atoms with van der Waals surface area (Å²) in [5.41, 5.74) is 0.105. The van der Waals surface area contributed by atoms with E-state index in [4.69, 9.17) is 27.9 Å². The molecule has 0 spiro atoms. The van der Waals surface area contributed by atoms with E-state index in [0.29, 0.717) is 5.17 Å². The zero-order valence-electron chi connectivity index (χ0n) is 8.01. The molecular weight excluding hydrogens is 225 g/mol. The summed E-state index contributed by atoms with van der Waals surface area (Å²) in [6.45, 7) is 6.97. The number of esters is 1. The average molecular weight is 236 g/mol. The average Bonchev–Trinajstić information content (AvgIpc) is 2.03. The van der Waals surface area contributed by atoms with Crippen LogP contribution in [-0.4, -0.2) is 17.7 Å². The first-order valence-electron chi connectivity index (χ1n) is 3.91. The molecule has 0 N–H and O–H groups in total. The van der Waals surface area contributed by atoms with Crippen molar-refractivity contribution >= 4 is 34.3 Å².